The fourth-order valence-electron chi connectivity index (χ4n) is 14.0. The highest BCUT2D eigenvalue weighted by molar-refractivity contribution is 5.37. The Balaban J connectivity index is 1.17. The van der Waals surface area contributed by atoms with Gasteiger partial charge in [-0.15, -0.1) is 0 Å². The molecule has 7 rings (SSSR count). The molecular weight excluding hydrogens is 740 g/mol. The van der Waals surface area contributed by atoms with Crippen LogP contribution in [-0.2, 0) is 23.7 Å². The molecule has 7 aliphatic rings. The molecule has 57 heavy (non-hydrogen) atoms. The van der Waals surface area contributed by atoms with Crippen molar-refractivity contribution in [2.75, 3.05) is 26.9 Å². The van der Waals surface area contributed by atoms with Crippen LogP contribution < -0.4 is 0 Å². The minimum absolute atomic E-state index is 0.0303. The third-order valence-corrected chi connectivity index (χ3v) is 17.7. The zero-order chi connectivity index (χ0) is 41.8. The molecule has 4 saturated carbocycles. The van der Waals surface area contributed by atoms with Crippen molar-refractivity contribution in [1.82, 2.24) is 0 Å². The Morgan fingerprint density at radius 1 is 0.737 bits per heavy atom. The third kappa shape index (κ3) is 6.48. The number of aliphatic hydroxyl groups excluding tert-OH is 9. The highest BCUT2D eigenvalue weighted by Gasteiger charge is 2.72. The molecule has 14 nitrogen and oxygen atoms in total. The number of ether oxygens (including phenoxy) is 5. The van der Waals surface area contributed by atoms with Gasteiger partial charge in [0, 0.05) is 23.9 Å². The second-order valence-corrected chi connectivity index (χ2v) is 21.0. The van der Waals surface area contributed by atoms with Crippen LogP contribution in [0.1, 0.15) is 99.8 Å². The van der Waals surface area contributed by atoms with Crippen molar-refractivity contribution in [3.63, 3.8) is 0 Å². The topological polar surface area (TPSA) is 228 Å². The Morgan fingerprint density at radius 2 is 1.42 bits per heavy atom. The van der Waals surface area contributed by atoms with Gasteiger partial charge in [-0.05, 0) is 91.8 Å². The monoisotopic (exact) mass is 812 g/mol. The predicted molar refractivity (Wildman–Crippen MR) is 205 cm³/mol. The third-order valence-electron chi connectivity index (χ3n) is 17.7. The summed E-state index contributed by atoms with van der Waals surface area (Å²) in [5.41, 5.74) is -0.934. The molecule has 2 aliphatic heterocycles. The second kappa shape index (κ2) is 15.2. The van der Waals surface area contributed by atoms with E-state index in [0.29, 0.717) is 12.8 Å². The fraction of sp³-hybridized carbons (Fsp3) is 0.953. The summed E-state index contributed by atoms with van der Waals surface area (Å²) in [6, 6.07) is 0. The molecule has 0 aromatic rings. The molecule has 14 heteroatoms. The van der Waals surface area contributed by atoms with Gasteiger partial charge in [-0.2, -0.15) is 0 Å². The van der Waals surface area contributed by atoms with E-state index in [2.05, 4.69) is 40.7 Å². The second-order valence-electron chi connectivity index (χ2n) is 21.0. The molecule has 0 bridgehead atoms. The molecule has 5 aliphatic carbocycles. The standard InChI is InChI=1S/C43H72O14/c1-21-29(48)34(57-36-32(51)31(50)30(49)25(18-44)55-36)33(52)37(54-21)56-28-10-11-39(4)26(40(28,5)19-45)9-12-41(6)35(39)24(53-8)15-22-23-16-38(2,3)13-14-43(23,20-46)27(47)17-42(22,41)7/h15,21,23-37,44-52H,9-14,16-20H2,1-8H3/t21-,23+,24-,25-,26-,27+,28+,29-,30+,31+,32-,33-,34+,35-,36+,37+,39+,40+,41-,42-,43-/m1/s1. The van der Waals surface area contributed by atoms with Crippen LogP contribution in [0.5, 0.6) is 0 Å². The van der Waals surface area contributed by atoms with Crippen LogP contribution >= 0.6 is 0 Å². The average Bonchev–Trinajstić information content (AvgIpc) is 3.16. The highest BCUT2D eigenvalue weighted by atomic mass is 16.7. The van der Waals surface area contributed by atoms with E-state index in [1.165, 1.54) is 5.57 Å². The number of hydrogen-bond acceptors (Lipinski definition) is 14. The normalized spacial score (nSPS) is 56.1. The number of hydrogen-bond donors (Lipinski definition) is 9. The maximum absolute atomic E-state index is 12.1. The number of rotatable bonds is 8. The molecule has 0 amide bonds. The summed E-state index contributed by atoms with van der Waals surface area (Å²) >= 11 is 0. The van der Waals surface area contributed by atoms with Crippen LogP contribution in [0.4, 0.5) is 0 Å². The van der Waals surface area contributed by atoms with Gasteiger partial charge in [-0.1, -0.05) is 53.2 Å². The van der Waals surface area contributed by atoms with Crippen molar-refractivity contribution in [1.29, 1.82) is 0 Å². The van der Waals surface area contributed by atoms with E-state index in [9.17, 15) is 46.0 Å². The molecule has 0 radical (unpaired) electrons. The van der Waals surface area contributed by atoms with E-state index in [1.54, 1.807) is 14.0 Å². The smallest absolute Gasteiger partial charge is 0.187 e. The summed E-state index contributed by atoms with van der Waals surface area (Å²) in [5.74, 6) is 0.0264. The largest absolute Gasteiger partial charge is 0.396 e. The quantitative estimate of drug-likeness (QED) is 0.125. The number of methoxy groups -OCH3 is 1. The summed E-state index contributed by atoms with van der Waals surface area (Å²) in [5, 5.41) is 98.1. The van der Waals surface area contributed by atoms with Crippen molar-refractivity contribution in [3.05, 3.63) is 11.6 Å². The molecule has 2 heterocycles. The first-order chi connectivity index (χ1) is 26.6. The first kappa shape index (κ1) is 44.2. The molecule has 328 valence electrons. The highest BCUT2D eigenvalue weighted by Crippen LogP contribution is 2.76. The Hall–Kier alpha value is -0.820. The first-order valence-electron chi connectivity index (χ1n) is 21.4. The van der Waals surface area contributed by atoms with E-state index in [-0.39, 0.29) is 58.7 Å². The van der Waals surface area contributed by atoms with Crippen LogP contribution in [0, 0.1) is 50.2 Å². The molecule has 0 unspecified atom stereocenters. The van der Waals surface area contributed by atoms with Gasteiger partial charge in [-0.3, -0.25) is 0 Å². The van der Waals surface area contributed by atoms with Crippen molar-refractivity contribution >= 4 is 0 Å². The van der Waals surface area contributed by atoms with Gasteiger partial charge >= 0.3 is 0 Å². The van der Waals surface area contributed by atoms with Crippen LogP contribution in [0.2, 0.25) is 0 Å². The van der Waals surface area contributed by atoms with Gasteiger partial charge < -0.3 is 69.6 Å². The lowest BCUT2D eigenvalue weighted by molar-refractivity contribution is -0.368. The van der Waals surface area contributed by atoms with E-state index < -0.39 is 91.1 Å². The van der Waals surface area contributed by atoms with E-state index in [0.717, 1.165) is 38.5 Å². The zero-order valence-electron chi connectivity index (χ0n) is 35.2. The Labute approximate surface area is 337 Å². The molecule has 6 fully saturated rings. The summed E-state index contributed by atoms with van der Waals surface area (Å²) < 4.78 is 30.6. The fourth-order valence-corrected chi connectivity index (χ4v) is 14.0. The van der Waals surface area contributed by atoms with Crippen molar-refractivity contribution in [2.45, 2.75) is 180 Å². The Morgan fingerprint density at radius 3 is 2.05 bits per heavy atom. The maximum Gasteiger partial charge on any atom is 0.187 e. The number of allylic oxidation sites excluding steroid dienone is 1. The summed E-state index contributed by atoms with van der Waals surface area (Å²) in [6.45, 7) is 14.4. The predicted octanol–water partition coefficient (Wildman–Crippen LogP) is 1.39. The Kier molecular flexibility index (Phi) is 11.8. The molecule has 0 spiro atoms. The molecule has 0 aromatic heterocycles. The Bertz CT molecular complexity index is 1490. The van der Waals surface area contributed by atoms with Crippen molar-refractivity contribution in [2.24, 2.45) is 50.2 Å². The summed E-state index contributed by atoms with van der Waals surface area (Å²) in [6.07, 6.45) is -7.49. The summed E-state index contributed by atoms with van der Waals surface area (Å²) in [4.78, 5) is 0. The minimum atomic E-state index is -1.74. The molecular formula is C43H72O14. The van der Waals surface area contributed by atoms with Crippen molar-refractivity contribution < 1.29 is 69.6 Å². The lowest BCUT2D eigenvalue weighted by atomic mass is 9.32. The van der Waals surface area contributed by atoms with Gasteiger partial charge in [-0.25, -0.2) is 0 Å². The van der Waals surface area contributed by atoms with Gasteiger partial charge in [0.25, 0.3) is 0 Å². The molecule has 21 atom stereocenters. The van der Waals surface area contributed by atoms with E-state index >= 15 is 0 Å². The average molecular weight is 813 g/mol. The zero-order valence-corrected chi connectivity index (χ0v) is 35.2. The van der Waals surface area contributed by atoms with E-state index in [1.807, 2.05) is 6.92 Å². The molecule has 0 aromatic carbocycles. The SMILES string of the molecule is CO[C@@H]1C=C2[C@@H]3CC(C)(C)CC[C@]3(CO)[C@@H](O)C[C@@]2(C)[C@]2(C)CC[C@H]3[C@](C)(CO)[C@@H](O[C@@H]4O[C@H](C)[C@@H](O)[C@H](O[C@@H]5O[C@H](CO)[C@H](O)[C@H](O)[C@H]5O)[C@H]4O)CC[C@]3(C)[C@@H]12. The number of fused-ring (bicyclic) bond motifs is 7. The molecule has 2 saturated heterocycles. The van der Waals surface area contributed by atoms with Crippen molar-refractivity contribution in [3.8, 4) is 0 Å². The summed E-state index contributed by atoms with van der Waals surface area (Å²) in [7, 11) is 1.78. The lowest BCUT2D eigenvalue weighted by Crippen LogP contribution is -2.70. The lowest BCUT2D eigenvalue weighted by Gasteiger charge is -2.73. The van der Waals surface area contributed by atoms with Gasteiger partial charge in [0.2, 0.25) is 0 Å². The van der Waals surface area contributed by atoms with Crippen LogP contribution in [0.3, 0.4) is 0 Å². The molecule has 9 N–H and O–H groups in total. The van der Waals surface area contributed by atoms with Gasteiger partial charge in [0.05, 0.1) is 44.2 Å². The number of aliphatic hydroxyl groups is 9. The maximum atomic E-state index is 12.1. The van der Waals surface area contributed by atoms with Crippen LogP contribution in [0.15, 0.2) is 11.6 Å². The van der Waals surface area contributed by atoms with Gasteiger partial charge in [0.15, 0.2) is 12.6 Å². The van der Waals surface area contributed by atoms with Crippen LogP contribution in [-0.4, -0.2) is 153 Å². The minimum Gasteiger partial charge on any atom is -0.396 e. The van der Waals surface area contributed by atoms with Gasteiger partial charge in [0.1, 0.15) is 42.7 Å². The van der Waals surface area contributed by atoms with E-state index in [4.69, 9.17) is 23.7 Å². The first-order valence-corrected chi connectivity index (χ1v) is 21.4. The van der Waals surface area contributed by atoms with Crippen LogP contribution in [0.25, 0.3) is 0 Å².